The Hall–Kier alpha value is -0.160. The van der Waals surface area contributed by atoms with Gasteiger partial charge in [-0.1, -0.05) is 25.7 Å². The molecule has 18 heavy (non-hydrogen) atoms. The molecule has 0 aliphatic rings. The highest BCUT2D eigenvalue weighted by molar-refractivity contribution is 6.63. The topological polar surface area (TPSA) is 74.6 Å². The van der Waals surface area contributed by atoms with Gasteiger partial charge in [0.2, 0.25) is 10.5 Å². The summed E-state index contributed by atoms with van der Waals surface area (Å²) in [4.78, 5) is 20.7. The lowest BCUT2D eigenvalue weighted by Gasteiger charge is -1.98. The fraction of sp³-hybridized carbons (Fsp3) is 0.833. The van der Waals surface area contributed by atoms with Gasteiger partial charge < -0.3 is 10.2 Å². The molecular formula is C12H22Cl2O4. The third kappa shape index (κ3) is 24.9. The van der Waals surface area contributed by atoms with Gasteiger partial charge in [-0.15, -0.1) is 0 Å². The molecule has 0 saturated carbocycles. The minimum atomic E-state index is -0.252. The molecule has 0 aromatic rings. The molecule has 0 aliphatic carbocycles. The van der Waals surface area contributed by atoms with Crippen molar-refractivity contribution in [3.63, 3.8) is 0 Å². The third-order valence-electron chi connectivity index (χ3n) is 2.10. The number of carbonyl (C=O) groups is 2. The lowest BCUT2D eigenvalue weighted by atomic mass is 10.1. The maximum atomic E-state index is 10.4. The maximum Gasteiger partial charge on any atom is 0.221 e. The van der Waals surface area contributed by atoms with E-state index in [4.69, 9.17) is 33.4 Å². The van der Waals surface area contributed by atoms with Crippen LogP contribution >= 0.6 is 23.2 Å². The maximum absolute atomic E-state index is 10.4. The minimum Gasteiger partial charge on any atom is -0.394 e. The molecule has 0 fully saturated rings. The number of unbranched alkanes of at least 4 members (excludes halogenated alkanes) is 5. The van der Waals surface area contributed by atoms with E-state index in [1.165, 1.54) is 0 Å². The van der Waals surface area contributed by atoms with E-state index in [9.17, 15) is 9.59 Å². The van der Waals surface area contributed by atoms with Crippen molar-refractivity contribution in [2.45, 2.75) is 51.4 Å². The Balaban J connectivity index is 0. The summed E-state index contributed by atoms with van der Waals surface area (Å²) in [5, 5.41) is 14.7. The number of halogens is 2. The Morgan fingerprint density at radius 3 is 1.17 bits per heavy atom. The highest BCUT2D eigenvalue weighted by atomic mass is 35.5. The first-order valence-electron chi connectivity index (χ1n) is 6.13. The van der Waals surface area contributed by atoms with Crippen LogP contribution in [-0.2, 0) is 9.59 Å². The summed E-state index contributed by atoms with van der Waals surface area (Å²) in [6, 6.07) is 0. The second-order valence-electron chi connectivity index (χ2n) is 3.78. The molecule has 0 bridgehead atoms. The van der Waals surface area contributed by atoms with Crippen molar-refractivity contribution in [3.8, 4) is 0 Å². The van der Waals surface area contributed by atoms with Crippen molar-refractivity contribution in [2.75, 3.05) is 13.2 Å². The van der Waals surface area contributed by atoms with Crippen LogP contribution in [0, 0.1) is 0 Å². The van der Waals surface area contributed by atoms with E-state index in [0.29, 0.717) is 12.8 Å². The largest absolute Gasteiger partial charge is 0.394 e. The van der Waals surface area contributed by atoms with Gasteiger partial charge in [-0.3, -0.25) is 9.59 Å². The van der Waals surface area contributed by atoms with Gasteiger partial charge in [-0.05, 0) is 36.0 Å². The summed E-state index contributed by atoms with van der Waals surface area (Å²) >= 11 is 10.4. The monoisotopic (exact) mass is 300 g/mol. The van der Waals surface area contributed by atoms with Crippen molar-refractivity contribution in [2.24, 2.45) is 0 Å². The van der Waals surface area contributed by atoms with E-state index < -0.39 is 0 Å². The van der Waals surface area contributed by atoms with Crippen LogP contribution < -0.4 is 0 Å². The standard InChI is InChI=1S/C10H16Cl2O2.C2H6O2/c11-9(13)7-5-3-1-2-4-6-8-10(12)14;3-1-2-4/h1-8H2;3-4H,1-2H2. The molecule has 0 spiro atoms. The van der Waals surface area contributed by atoms with Crippen molar-refractivity contribution in [1.82, 2.24) is 0 Å². The zero-order chi connectivity index (χ0) is 14.2. The first-order chi connectivity index (χ1) is 8.54. The number of rotatable bonds is 10. The molecule has 0 aromatic heterocycles. The molecule has 108 valence electrons. The van der Waals surface area contributed by atoms with Crippen LogP contribution in [0.25, 0.3) is 0 Å². The third-order valence-corrected chi connectivity index (χ3v) is 2.47. The summed E-state index contributed by atoms with van der Waals surface area (Å²) in [7, 11) is 0. The molecule has 6 heteroatoms. The second-order valence-corrected chi connectivity index (χ2v) is 4.62. The molecule has 0 unspecified atom stereocenters. The molecule has 4 nitrogen and oxygen atoms in total. The number of carbonyl (C=O) groups excluding carboxylic acids is 2. The Labute approximate surface area is 118 Å². The summed E-state index contributed by atoms with van der Waals surface area (Å²) in [5.74, 6) is 0. The van der Waals surface area contributed by atoms with Crippen LogP contribution in [0.5, 0.6) is 0 Å². The second kappa shape index (κ2) is 16.8. The fourth-order valence-electron chi connectivity index (χ4n) is 1.24. The number of hydrogen-bond acceptors (Lipinski definition) is 4. The molecule has 0 aromatic carbocycles. The average molecular weight is 301 g/mol. The minimum absolute atomic E-state index is 0.125. The lowest BCUT2D eigenvalue weighted by Crippen LogP contribution is -1.88. The molecule has 0 saturated heterocycles. The summed E-state index contributed by atoms with van der Waals surface area (Å²) in [6.07, 6.45) is 6.96. The zero-order valence-corrected chi connectivity index (χ0v) is 12.0. The van der Waals surface area contributed by atoms with Crippen LogP contribution in [0.2, 0.25) is 0 Å². The average Bonchev–Trinajstić information content (AvgIpc) is 2.32. The van der Waals surface area contributed by atoms with Gasteiger partial charge in [0.1, 0.15) is 0 Å². The predicted octanol–water partition coefficient (Wildman–Crippen LogP) is 2.61. The molecule has 0 aliphatic heterocycles. The molecule has 0 radical (unpaired) electrons. The highest BCUT2D eigenvalue weighted by Crippen LogP contribution is 2.09. The van der Waals surface area contributed by atoms with Gasteiger partial charge in [0, 0.05) is 12.8 Å². The van der Waals surface area contributed by atoms with Crippen molar-refractivity contribution >= 4 is 33.7 Å². The van der Waals surface area contributed by atoms with E-state index in [0.717, 1.165) is 38.5 Å². The lowest BCUT2D eigenvalue weighted by molar-refractivity contribution is -0.112. The Kier molecular flexibility index (Phi) is 18.9. The van der Waals surface area contributed by atoms with Crippen molar-refractivity contribution in [1.29, 1.82) is 0 Å². The Bertz CT molecular complexity index is 188. The predicted molar refractivity (Wildman–Crippen MR) is 72.8 cm³/mol. The van der Waals surface area contributed by atoms with E-state index in [2.05, 4.69) is 0 Å². The first-order valence-corrected chi connectivity index (χ1v) is 6.88. The van der Waals surface area contributed by atoms with Crippen LogP contribution in [-0.4, -0.2) is 33.9 Å². The van der Waals surface area contributed by atoms with Gasteiger partial charge in [0.15, 0.2) is 0 Å². The van der Waals surface area contributed by atoms with E-state index >= 15 is 0 Å². The Morgan fingerprint density at radius 2 is 0.944 bits per heavy atom. The summed E-state index contributed by atoms with van der Waals surface area (Å²) in [6.45, 7) is -0.250. The Morgan fingerprint density at radius 1 is 0.667 bits per heavy atom. The van der Waals surface area contributed by atoms with E-state index in [-0.39, 0.29) is 23.7 Å². The normalized spacial score (nSPS) is 9.56. The molecule has 0 atom stereocenters. The first kappa shape index (κ1) is 20.2. The molecular weight excluding hydrogens is 279 g/mol. The molecule has 0 amide bonds. The zero-order valence-electron chi connectivity index (χ0n) is 10.5. The van der Waals surface area contributed by atoms with Crippen molar-refractivity contribution in [3.05, 3.63) is 0 Å². The van der Waals surface area contributed by atoms with Crippen LogP contribution in [0.15, 0.2) is 0 Å². The number of aliphatic hydroxyl groups excluding tert-OH is 2. The summed E-state index contributed by atoms with van der Waals surface area (Å²) in [5.41, 5.74) is 0. The summed E-state index contributed by atoms with van der Waals surface area (Å²) < 4.78 is 0. The van der Waals surface area contributed by atoms with Crippen molar-refractivity contribution < 1.29 is 19.8 Å². The molecule has 0 heterocycles. The fourth-order valence-corrected chi connectivity index (χ4v) is 1.50. The van der Waals surface area contributed by atoms with Gasteiger partial charge >= 0.3 is 0 Å². The van der Waals surface area contributed by atoms with E-state index in [1.54, 1.807) is 0 Å². The van der Waals surface area contributed by atoms with Gasteiger partial charge in [0.25, 0.3) is 0 Å². The molecule has 2 N–H and O–H groups in total. The van der Waals surface area contributed by atoms with Gasteiger partial charge in [0.05, 0.1) is 13.2 Å². The van der Waals surface area contributed by atoms with Crippen LogP contribution in [0.1, 0.15) is 51.4 Å². The number of hydrogen-bond donors (Lipinski definition) is 2. The smallest absolute Gasteiger partial charge is 0.221 e. The number of aliphatic hydroxyl groups is 2. The van der Waals surface area contributed by atoms with E-state index in [1.807, 2.05) is 0 Å². The van der Waals surface area contributed by atoms with Gasteiger partial charge in [-0.2, -0.15) is 0 Å². The van der Waals surface area contributed by atoms with Crippen LogP contribution in [0.4, 0.5) is 0 Å². The highest BCUT2D eigenvalue weighted by Gasteiger charge is 1.97. The van der Waals surface area contributed by atoms with Crippen LogP contribution in [0.3, 0.4) is 0 Å². The van der Waals surface area contributed by atoms with Gasteiger partial charge in [-0.25, -0.2) is 0 Å². The quantitative estimate of drug-likeness (QED) is 0.480. The SMILES string of the molecule is O=C(Cl)CCCCCCCCC(=O)Cl.OCCO. The molecule has 0 rings (SSSR count).